The van der Waals surface area contributed by atoms with Crippen LogP contribution >= 0.6 is 11.8 Å². The van der Waals surface area contributed by atoms with Crippen molar-refractivity contribution < 1.29 is 8.78 Å². The zero-order valence-electron chi connectivity index (χ0n) is 9.39. The van der Waals surface area contributed by atoms with Gasteiger partial charge in [0.25, 0.3) is 0 Å². The first-order chi connectivity index (χ1) is 7.63. The lowest BCUT2D eigenvalue weighted by Gasteiger charge is -2.30. The molecule has 0 aromatic heterocycles. The SMILES string of the molecule is CCNC1CC(C)Sc2c(F)ccc(F)c21. The third-order valence-corrected chi connectivity index (χ3v) is 4.03. The largest absolute Gasteiger partial charge is 0.310 e. The van der Waals surface area contributed by atoms with E-state index in [9.17, 15) is 8.78 Å². The number of fused-ring (bicyclic) bond motifs is 1. The second-order valence-electron chi connectivity index (χ2n) is 4.05. The number of rotatable bonds is 2. The molecular formula is C12H15F2NS. The molecule has 0 fully saturated rings. The standard InChI is InChI=1S/C12H15F2NS/c1-3-15-10-6-7(2)16-12-9(14)5-4-8(13)11(10)12/h4-5,7,10,15H,3,6H2,1-2H3. The topological polar surface area (TPSA) is 12.0 Å². The third-order valence-electron chi connectivity index (χ3n) is 2.78. The molecule has 0 radical (unpaired) electrons. The summed E-state index contributed by atoms with van der Waals surface area (Å²) in [5, 5.41) is 3.53. The molecule has 0 amide bonds. The highest BCUT2D eigenvalue weighted by Crippen LogP contribution is 2.43. The van der Waals surface area contributed by atoms with Crippen molar-refractivity contribution in [1.29, 1.82) is 0 Å². The van der Waals surface area contributed by atoms with Crippen LogP contribution in [0.3, 0.4) is 0 Å². The minimum absolute atomic E-state index is 0.0630. The lowest BCUT2D eigenvalue weighted by atomic mass is 10.0. The highest BCUT2D eigenvalue weighted by Gasteiger charge is 2.29. The van der Waals surface area contributed by atoms with Crippen LogP contribution in [0.2, 0.25) is 0 Å². The van der Waals surface area contributed by atoms with Crippen molar-refractivity contribution >= 4 is 11.8 Å². The van der Waals surface area contributed by atoms with Crippen LogP contribution in [0.15, 0.2) is 17.0 Å². The molecule has 2 unspecified atom stereocenters. The number of halogens is 2. The molecule has 1 aliphatic heterocycles. The van der Waals surface area contributed by atoms with E-state index < -0.39 is 0 Å². The highest BCUT2D eigenvalue weighted by atomic mass is 32.2. The Morgan fingerprint density at radius 2 is 2.06 bits per heavy atom. The molecule has 1 heterocycles. The molecule has 1 nitrogen and oxygen atoms in total. The highest BCUT2D eigenvalue weighted by molar-refractivity contribution is 8.00. The van der Waals surface area contributed by atoms with Gasteiger partial charge in [0.1, 0.15) is 11.6 Å². The maximum Gasteiger partial charge on any atom is 0.137 e. The summed E-state index contributed by atoms with van der Waals surface area (Å²) in [7, 11) is 0. The van der Waals surface area contributed by atoms with Gasteiger partial charge in [-0.1, -0.05) is 13.8 Å². The van der Waals surface area contributed by atoms with Gasteiger partial charge in [-0.15, -0.1) is 11.8 Å². The van der Waals surface area contributed by atoms with E-state index in [0.717, 1.165) is 13.0 Å². The van der Waals surface area contributed by atoms with E-state index in [4.69, 9.17) is 0 Å². The number of hydrogen-bond donors (Lipinski definition) is 1. The predicted molar refractivity (Wildman–Crippen MR) is 62.7 cm³/mol. The van der Waals surface area contributed by atoms with E-state index in [1.165, 1.54) is 23.9 Å². The van der Waals surface area contributed by atoms with Crippen molar-refractivity contribution in [2.24, 2.45) is 0 Å². The Morgan fingerprint density at radius 1 is 1.38 bits per heavy atom. The molecule has 16 heavy (non-hydrogen) atoms. The molecule has 1 aromatic rings. The Labute approximate surface area is 98.6 Å². The van der Waals surface area contributed by atoms with E-state index in [0.29, 0.717) is 15.7 Å². The van der Waals surface area contributed by atoms with E-state index in [1.807, 2.05) is 13.8 Å². The summed E-state index contributed by atoms with van der Waals surface area (Å²) < 4.78 is 27.4. The Kier molecular flexibility index (Phi) is 3.50. The van der Waals surface area contributed by atoms with Gasteiger partial charge in [-0.2, -0.15) is 0 Å². The Bertz CT molecular complexity index is 395. The molecule has 2 rings (SSSR count). The van der Waals surface area contributed by atoms with E-state index >= 15 is 0 Å². The van der Waals surface area contributed by atoms with Crippen LogP contribution in [-0.2, 0) is 0 Å². The van der Waals surface area contributed by atoms with Crippen molar-refractivity contribution in [3.63, 3.8) is 0 Å². The van der Waals surface area contributed by atoms with Crippen LogP contribution in [0.25, 0.3) is 0 Å². The fourth-order valence-corrected chi connectivity index (χ4v) is 3.36. The molecule has 0 bridgehead atoms. The van der Waals surface area contributed by atoms with Crippen molar-refractivity contribution in [2.75, 3.05) is 6.54 Å². The fourth-order valence-electron chi connectivity index (χ4n) is 2.12. The summed E-state index contributed by atoms with van der Waals surface area (Å²) in [6, 6.07) is 2.36. The minimum atomic E-state index is -0.309. The second-order valence-corrected chi connectivity index (χ2v) is 5.50. The summed E-state index contributed by atoms with van der Waals surface area (Å²) in [5.74, 6) is -0.613. The van der Waals surface area contributed by atoms with Gasteiger partial charge in [-0.25, -0.2) is 8.78 Å². The fraction of sp³-hybridized carbons (Fsp3) is 0.500. The minimum Gasteiger partial charge on any atom is -0.310 e. The summed E-state index contributed by atoms with van der Waals surface area (Å²) >= 11 is 1.43. The van der Waals surface area contributed by atoms with Crippen LogP contribution in [-0.4, -0.2) is 11.8 Å². The average molecular weight is 243 g/mol. The van der Waals surface area contributed by atoms with E-state index in [1.54, 1.807) is 0 Å². The maximum atomic E-state index is 13.7. The molecule has 1 aromatic carbocycles. The van der Waals surface area contributed by atoms with Gasteiger partial charge in [0.15, 0.2) is 0 Å². The lowest BCUT2D eigenvalue weighted by Crippen LogP contribution is -2.28. The molecule has 1 N–H and O–H groups in total. The average Bonchev–Trinajstić information content (AvgIpc) is 2.23. The molecule has 2 atom stereocenters. The number of benzene rings is 1. The first kappa shape index (κ1) is 11.9. The second kappa shape index (κ2) is 4.72. The van der Waals surface area contributed by atoms with Crippen LogP contribution in [0.4, 0.5) is 8.78 Å². The quantitative estimate of drug-likeness (QED) is 0.853. The Balaban J connectivity index is 2.47. The molecule has 0 saturated carbocycles. The first-order valence-electron chi connectivity index (χ1n) is 5.51. The normalized spacial score (nSPS) is 24.2. The van der Waals surface area contributed by atoms with E-state index in [-0.39, 0.29) is 17.7 Å². The van der Waals surface area contributed by atoms with Crippen molar-refractivity contribution in [3.8, 4) is 0 Å². The van der Waals surface area contributed by atoms with Crippen molar-refractivity contribution in [3.05, 3.63) is 29.3 Å². The predicted octanol–water partition coefficient (Wildman–Crippen LogP) is 3.50. The van der Waals surface area contributed by atoms with Gasteiger partial charge in [-0.3, -0.25) is 0 Å². The van der Waals surface area contributed by atoms with Crippen LogP contribution in [0.1, 0.15) is 31.9 Å². The Morgan fingerprint density at radius 3 is 2.75 bits per heavy atom. The molecule has 4 heteroatoms. The molecule has 1 aliphatic rings. The zero-order chi connectivity index (χ0) is 11.7. The zero-order valence-corrected chi connectivity index (χ0v) is 10.2. The monoisotopic (exact) mass is 243 g/mol. The summed E-state index contributed by atoms with van der Waals surface area (Å²) in [6.45, 7) is 4.78. The number of nitrogens with one attached hydrogen (secondary N) is 1. The number of hydrogen-bond acceptors (Lipinski definition) is 2. The molecule has 88 valence electrons. The first-order valence-corrected chi connectivity index (χ1v) is 6.39. The van der Waals surface area contributed by atoms with Crippen LogP contribution in [0, 0.1) is 11.6 Å². The van der Waals surface area contributed by atoms with Crippen LogP contribution < -0.4 is 5.32 Å². The summed E-state index contributed by atoms with van der Waals surface area (Å²) in [6.07, 6.45) is 0.839. The van der Waals surface area contributed by atoms with Crippen molar-refractivity contribution in [1.82, 2.24) is 5.32 Å². The van der Waals surface area contributed by atoms with Gasteiger partial charge in [0.05, 0.1) is 4.90 Å². The summed E-state index contributed by atoms with van der Waals surface area (Å²) in [5.41, 5.74) is 0.505. The maximum absolute atomic E-state index is 13.7. The Hall–Kier alpha value is -0.610. The molecular weight excluding hydrogens is 228 g/mol. The summed E-state index contributed by atoms with van der Waals surface area (Å²) in [4.78, 5) is 0.477. The van der Waals surface area contributed by atoms with Crippen LogP contribution in [0.5, 0.6) is 0 Å². The molecule has 0 spiro atoms. The van der Waals surface area contributed by atoms with Gasteiger partial charge < -0.3 is 5.32 Å². The van der Waals surface area contributed by atoms with Gasteiger partial charge in [0, 0.05) is 16.9 Å². The van der Waals surface area contributed by atoms with E-state index in [2.05, 4.69) is 5.32 Å². The third kappa shape index (κ3) is 2.09. The number of thioether (sulfide) groups is 1. The van der Waals surface area contributed by atoms with Gasteiger partial charge in [-0.05, 0) is 25.1 Å². The van der Waals surface area contributed by atoms with Crippen molar-refractivity contribution in [2.45, 2.75) is 36.5 Å². The smallest absolute Gasteiger partial charge is 0.137 e. The van der Waals surface area contributed by atoms with Gasteiger partial charge >= 0.3 is 0 Å². The molecule has 0 saturated heterocycles. The molecule has 0 aliphatic carbocycles. The lowest BCUT2D eigenvalue weighted by molar-refractivity contribution is 0.456. The van der Waals surface area contributed by atoms with Gasteiger partial charge in [0.2, 0.25) is 0 Å².